The van der Waals surface area contributed by atoms with Crippen LogP contribution in [0.3, 0.4) is 0 Å². The summed E-state index contributed by atoms with van der Waals surface area (Å²) in [6.07, 6.45) is 9.66. The van der Waals surface area contributed by atoms with Gasteiger partial charge in [-0.1, -0.05) is 49.6 Å². The van der Waals surface area contributed by atoms with Gasteiger partial charge in [0.1, 0.15) is 6.01 Å². The number of aliphatic imine (C=N–C) groups is 2. The molecule has 0 bridgehead atoms. The van der Waals surface area contributed by atoms with E-state index >= 15 is 0 Å². The molecule has 138 valence electrons. The fourth-order valence-electron chi connectivity index (χ4n) is 3.35. The molecule has 2 aromatic rings. The van der Waals surface area contributed by atoms with Gasteiger partial charge in [-0.3, -0.25) is 0 Å². The normalized spacial score (nSPS) is 14.6. The zero-order chi connectivity index (χ0) is 18.9. The molecule has 0 saturated heterocycles. The van der Waals surface area contributed by atoms with Gasteiger partial charge in [-0.15, -0.1) is 0 Å². The molecule has 0 N–H and O–H groups in total. The minimum absolute atomic E-state index is 0.402. The second-order valence-electron chi connectivity index (χ2n) is 6.67. The number of benzene rings is 2. The Kier molecular flexibility index (Phi) is 6.72. The summed E-state index contributed by atoms with van der Waals surface area (Å²) < 4.78 is 4.61. The quantitative estimate of drug-likeness (QED) is 0.370. The van der Waals surface area contributed by atoms with Crippen molar-refractivity contribution >= 4 is 29.4 Å². The first-order valence-electron chi connectivity index (χ1n) is 9.38. The second-order valence-corrected chi connectivity index (χ2v) is 6.67. The van der Waals surface area contributed by atoms with Crippen LogP contribution in [-0.2, 0) is 9.53 Å². The molecule has 0 unspecified atom stereocenters. The number of methoxy groups -OCH3 is 1. The van der Waals surface area contributed by atoms with Crippen LogP contribution in [0.2, 0.25) is 0 Å². The predicted octanol–water partition coefficient (Wildman–Crippen LogP) is 6.06. The molecule has 1 saturated carbocycles. The maximum Gasteiger partial charge on any atom is 0.330 e. The van der Waals surface area contributed by atoms with Gasteiger partial charge in [0, 0.05) is 11.6 Å². The average Bonchev–Trinajstić information content (AvgIpc) is 2.74. The molecule has 4 heteroatoms. The number of nitrogens with zero attached hydrogens (tertiary/aromatic N) is 2. The van der Waals surface area contributed by atoms with Crippen molar-refractivity contribution in [3.63, 3.8) is 0 Å². The topological polar surface area (TPSA) is 51.0 Å². The Bertz CT molecular complexity index is 856. The highest BCUT2D eigenvalue weighted by atomic mass is 16.5. The van der Waals surface area contributed by atoms with Gasteiger partial charge in [-0.05, 0) is 48.6 Å². The molecule has 0 aromatic heterocycles. The van der Waals surface area contributed by atoms with Crippen molar-refractivity contribution in [2.75, 3.05) is 7.11 Å². The van der Waals surface area contributed by atoms with Crippen LogP contribution < -0.4 is 0 Å². The summed E-state index contributed by atoms with van der Waals surface area (Å²) in [6, 6.07) is 18.6. The van der Waals surface area contributed by atoms with Crippen molar-refractivity contribution in [2.24, 2.45) is 9.98 Å². The van der Waals surface area contributed by atoms with Crippen LogP contribution in [0.25, 0.3) is 6.08 Å². The lowest BCUT2D eigenvalue weighted by atomic mass is 9.84. The zero-order valence-electron chi connectivity index (χ0n) is 15.6. The van der Waals surface area contributed by atoms with Gasteiger partial charge >= 0.3 is 5.97 Å². The highest BCUT2D eigenvalue weighted by Gasteiger charge is 2.14. The van der Waals surface area contributed by atoms with E-state index < -0.39 is 5.97 Å². The first-order valence-corrected chi connectivity index (χ1v) is 9.38. The van der Waals surface area contributed by atoms with Gasteiger partial charge in [0.25, 0.3) is 0 Å². The first-order chi connectivity index (χ1) is 13.3. The summed E-state index contributed by atoms with van der Waals surface area (Å²) in [7, 11) is 1.35. The molecule has 27 heavy (non-hydrogen) atoms. The molecule has 0 amide bonds. The van der Waals surface area contributed by atoms with Crippen molar-refractivity contribution in [2.45, 2.75) is 38.0 Å². The number of esters is 1. The summed E-state index contributed by atoms with van der Waals surface area (Å²) in [4.78, 5) is 19.9. The first kappa shape index (κ1) is 18.8. The Hall–Kier alpha value is -2.97. The lowest BCUT2D eigenvalue weighted by molar-refractivity contribution is -0.134. The number of para-hydroxylation sites is 1. The second kappa shape index (κ2) is 9.65. The van der Waals surface area contributed by atoms with Crippen LogP contribution in [0.4, 0.5) is 11.4 Å². The lowest BCUT2D eigenvalue weighted by Crippen LogP contribution is -2.03. The monoisotopic (exact) mass is 360 g/mol. The van der Waals surface area contributed by atoms with E-state index in [1.807, 2.05) is 36.4 Å². The van der Waals surface area contributed by atoms with Gasteiger partial charge < -0.3 is 4.74 Å². The summed E-state index contributed by atoms with van der Waals surface area (Å²) >= 11 is 0. The molecular weight excluding hydrogens is 336 g/mol. The van der Waals surface area contributed by atoms with Crippen LogP contribution in [0.1, 0.15) is 49.1 Å². The molecule has 3 rings (SSSR count). The van der Waals surface area contributed by atoms with E-state index in [0.717, 1.165) is 11.3 Å². The van der Waals surface area contributed by atoms with E-state index in [0.29, 0.717) is 11.6 Å². The molecule has 0 spiro atoms. The van der Waals surface area contributed by atoms with E-state index in [-0.39, 0.29) is 0 Å². The van der Waals surface area contributed by atoms with Crippen LogP contribution >= 0.6 is 0 Å². The zero-order valence-corrected chi connectivity index (χ0v) is 15.6. The number of carbonyl (C=O) groups excluding carboxylic acids is 1. The summed E-state index contributed by atoms with van der Waals surface area (Å²) in [5.74, 6) is 0.291. The van der Waals surface area contributed by atoms with Crippen molar-refractivity contribution in [1.82, 2.24) is 0 Å². The van der Waals surface area contributed by atoms with Crippen molar-refractivity contribution in [1.29, 1.82) is 0 Å². The molecule has 0 aliphatic heterocycles. The predicted molar refractivity (Wildman–Crippen MR) is 109 cm³/mol. The van der Waals surface area contributed by atoms with E-state index in [9.17, 15) is 4.79 Å². The minimum Gasteiger partial charge on any atom is -0.466 e. The van der Waals surface area contributed by atoms with Gasteiger partial charge in [0.2, 0.25) is 0 Å². The van der Waals surface area contributed by atoms with Crippen LogP contribution in [0.5, 0.6) is 0 Å². The number of carbonyl (C=O) groups is 1. The molecule has 2 aromatic carbocycles. The van der Waals surface area contributed by atoms with Gasteiger partial charge in [0.05, 0.1) is 18.5 Å². The van der Waals surface area contributed by atoms with E-state index in [1.165, 1.54) is 50.9 Å². The van der Waals surface area contributed by atoms with Gasteiger partial charge in [-0.2, -0.15) is 9.98 Å². The third-order valence-corrected chi connectivity index (χ3v) is 4.86. The Labute approximate surface area is 160 Å². The Balaban J connectivity index is 1.71. The summed E-state index contributed by atoms with van der Waals surface area (Å²) in [5, 5.41) is 0. The smallest absolute Gasteiger partial charge is 0.330 e. The SMILES string of the molecule is COC(=O)/C=C/c1ccccc1N=C=Nc1ccc(C2CCCCC2)cc1. The number of hydrogen-bond acceptors (Lipinski definition) is 4. The van der Waals surface area contributed by atoms with E-state index in [1.54, 1.807) is 6.08 Å². The van der Waals surface area contributed by atoms with Crippen molar-refractivity contribution < 1.29 is 9.53 Å². The summed E-state index contributed by atoms with van der Waals surface area (Å²) in [5.41, 5.74) is 3.74. The Morgan fingerprint density at radius 1 is 1.04 bits per heavy atom. The highest BCUT2D eigenvalue weighted by molar-refractivity contribution is 5.88. The molecule has 1 fully saturated rings. The standard InChI is InChI=1S/C23H24N2O2/c1-27-23(26)16-13-20-9-5-6-10-22(20)25-17-24-21-14-11-19(12-15-21)18-7-3-2-4-8-18/h5-6,9-16,18H,2-4,7-8H2,1H3/b16-13+. The summed E-state index contributed by atoms with van der Waals surface area (Å²) in [6.45, 7) is 0. The van der Waals surface area contributed by atoms with Gasteiger partial charge in [-0.25, -0.2) is 4.79 Å². The number of hydrogen-bond donors (Lipinski definition) is 0. The van der Waals surface area contributed by atoms with Gasteiger partial charge in [0.15, 0.2) is 0 Å². The highest BCUT2D eigenvalue weighted by Crippen LogP contribution is 2.33. The molecule has 0 radical (unpaired) electrons. The molecule has 4 nitrogen and oxygen atoms in total. The minimum atomic E-state index is -0.402. The third-order valence-electron chi connectivity index (χ3n) is 4.86. The van der Waals surface area contributed by atoms with Crippen LogP contribution in [-0.4, -0.2) is 19.1 Å². The maximum atomic E-state index is 11.3. The van der Waals surface area contributed by atoms with Crippen molar-refractivity contribution in [3.8, 4) is 0 Å². The number of rotatable bonds is 5. The molecule has 0 heterocycles. The van der Waals surface area contributed by atoms with Crippen molar-refractivity contribution in [3.05, 3.63) is 65.7 Å². The van der Waals surface area contributed by atoms with E-state index in [4.69, 9.17) is 0 Å². The number of ether oxygens (including phenoxy) is 1. The maximum absolute atomic E-state index is 11.3. The Morgan fingerprint density at radius 2 is 1.78 bits per heavy atom. The molecule has 0 atom stereocenters. The van der Waals surface area contributed by atoms with Crippen LogP contribution in [0, 0.1) is 0 Å². The molecule has 1 aliphatic rings. The van der Waals surface area contributed by atoms with Crippen LogP contribution in [0.15, 0.2) is 64.6 Å². The van der Waals surface area contributed by atoms with E-state index in [2.05, 4.69) is 32.9 Å². The molecular formula is C23H24N2O2. The molecule has 1 aliphatic carbocycles. The third kappa shape index (κ3) is 5.50. The average molecular weight is 360 g/mol. The fraction of sp³-hybridized carbons (Fsp3) is 0.304. The fourth-order valence-corrected chi connectivity index (χ4v) is 3.35. The lowest BCUT2D eigenvalue weighted by Gasteiger charge is -2.21. The Morgan fingerprint density at radius 3 is 2.52 bits per heavy atom. The largest absolute Gasteiger partial charge is 0.466 e.